The summed E-state index contributed by atoms with van der Waals surface area (Å²) in [6.45, 7) is 4.65. The zero-order chi connectivity index (χ0) is 11.4. The molecule has 0 N–H and O–H groups in total. The summed E-state index contributed by atoms with van der Waals surface area (Å²) in [5, 5.41) is 0. The second-order valence-corrected chi connectivity index (χ2v) is 4.82. The van der Waals surface area contributed by atoms with Gasteiger partial charge in [-0.1, -0.05) is 19.3 Å². The number of hydrogen-bond acceptors (Lipinski definition) is 0. The molecule has 2 atom stereocenters. The van der Waals surface area contributed by atoms with Crippen LogP contribution in [0.15, 0.2) is 54.1 Å². The molecule has 1 saturated carbocycles. The molecule has 88 valence electrons. The van der Waals surface area contributed by atoms with E-state index >= 15 is 0 Å². The molecule has 0 amide bonds. The number of fused-ring (bicyclic) bond motifs is 1. The summed E-state index contributed by atoms with van der Waals surface area (Å²) in [5.74, 6) is 3.35. The van der Waals surface area contributed by atoms with E-state index in [1.54, 1.807) is 11.5 Å². The number of hydrogen-bond donors (Lipinski definition) is 0. The Morgan fingerprint density at radius 3 is 2.53 bits per heavy atom. The van der Waals surface area contributed by atoms with Crippen LogP contribution in [-0.4, -0.2) is 0 Å². The van der Waals surface area contributed by atoms with Crippen molar-refractivity contribution in [3.8, 4) is 0 Å². The van der Waals surface area contributed by atoms with Crippen LogP contribution in [0.2, 0.25) is 0 Å². The molecule has 1 fully saturated rings. The van der Waals surface area contributed by atoms with Gasteiger partial charge in [-0.05, 0) is 12.3 Å². The fraction of sp³-hybridized carbons (Fsp3) is 0.375. The molecule has 0 aromatic heterocycles. The van der Waals surface area contributed by atoms with Gasteiger partial charge in [0.2, 0.25) is 0 Å². The second kappa shape index (κ2) is 7.11. The molecule has 0 spiro atoms. The summed E-state index contributed by atoms with van der Waals surface area (Å²) < 4.78 is 0. The van der Waals surface area contributed by atoms with E-state index in [0.717, 1.165) is 11.8 Å². The van der Waals surface area contributed by atoms with Gasteiger partial charge in [-0.2, -0.15) is 18.2 Å². The molecule has 17 heavy (non-hydrogen) atoms. The Morgan fingerprint density at radius 2 is 2.00 bits per heavy atom. The van der Waals surface area contributed by atoms with E-state index in [-0.39, 0.29) is 26.2 Å². The largest absolute Gasteiger partial charge is 2.00 e. The van der Waals surface area contributed by atoms with Crippen LogP contribution in [-0.2, 0) is 26.2 Å². The molecule has 0 bridgehead atoms. The number of allylic oxidation sites excluding steroid dienone is 4. The van der Waals surface area contributed by atoms with Crippen molar-refractivity contribution in [3.63, 3.8) is 0 Å². The normalized spacial score (nSPS) is 25.3. The Balaban J connectivity index is 0.000000205. The van der Waals surface area contributed by atoms with Crippen molar-refractivity contribution in [1.82, 2.24) is 0 Å². The first-order valence-corrected chi connectivity index (χ1v) is 6.15. The van der Waals surface area contributed by atoms with Crippen molar-refractivity contribution in [2.75, 3.05) is 0 Å². The van der Waals surface area contributed by atoms with E-state index in [4.69, 9.17) is 0 Å². The molecule has 3 rings (SSSR count). The van der Waals surface area contributed by atoms with Crippen molar-refractivity contribution in [3.05, 3.63) is 60.1 Å². The first kappa shape index (κ1) is 14.6. The summed E-state index contributed by atoms with van der Waals surface area (Å²) >= 11 is 0. The van der Waals surface area contributed by atoms with E-state index in [9.17, 15) is 0 Å². The third-order valence-electron chi connectivity index (χ3n) is 3.56. The van der Waals surface area contributed by atoms with Crippen LogP contribution in [0.1, 0.15) is 26.7 Å². The molecule has 0 heterocycles. The first-order valence-electron chi connectivity index (χ1n) is 6.15. The molecule has 0 saturated heterocycles. The van der Waals surface area contributed by atoms with Crippen LogP contribution < -0.4 is 0 Å². The van der Waals surface area contributed by atoms with E-state index in [2.05, 4.69) is 32.1 Å². The molecule has 1 heteroatoms. The maximum Gasteiger partial charge on any atom is 2.00 e. The molecule has 0 nitrogen and oxygen atoms in total. The van der Waals surface area contributed by atoms with E-state index in [1.165, 1.54) is 12.8 Å². The standard InChI is InChI=1S/C11H15.C5H5.Zr/c1-8-7-9(2)11-6-4-3-5-10(8)11;1-2-4-5-3-1;/h3-5,9,11H,6-7H2,1-2H3;1-5H;/q2*-1;+2. The Labute approximate surface area is 124 Å². The zero-order valence-corrected chi connectivity index (χ0v) is 13.1. The quantitative estimate of drug-likeness (QED) is 0.618. The monoisotopic (exact) mass is 302 g/mol. The predicted molar refractivity (Wildman–Crippen MR) is 70.1 cm³/mol. The average molecular weight is 304 g/mol. The average Bonchev–Trinajstić information content (AvgIpc) is 2.94. The van der Waals surface area contributed by atoms with Crippen molar-refractivity contribution in [2.45, 2.75) is 26.7 Å². The fourth-order valence-corrected chi connectivity index (χ4v) is 2.71. The van der Waals surface area contributed by atoms with E-state index in [0.29, 0.717) is 0 Å². The minimum absolute atomic E-state index is 0. The van der Waals surface area contributed by atoms with Gasteiger partial charge >= 0.3 is 26.2 Å². The maximum atomic E-state index is 2.37. The summed E-state index contributed by atoms with van der Waals surface area (Å²) in [6, 6.07) is 10.0. The Morgan fingerprint density at radius 1 is 1.29 bits per heavy atom. The minimum atomic E-state index is 0. The summed E-state index contributed by atoms with van der Waals surface area (Å²) in [4.78, 5) is 0. The molecular weight excluding hydrogens is 283 g/mol. The molecule has 0 radical (unpaired) electrons. The number of rotatable bonds is 0. The van der Waals surface area contributed by atoms with E-state index < -0.39 is 0 Å². The summed E-state index contributed by atoms with van der Waals surface area (Å²) in [5.41, 5.74) is 1.63. The third kappa shape index (κ3) is 3.78. The van der Waals surface area contributed by atoms with Crippen LogP contribution in [0, 0.1) is 17.8 Å². The van der Waals surface area contributed by atoms with Crippen molar-refractivity contribution in [1.29, 1.82) is 0 Å². The van der Waals surface area contributed by atoms with Gasteiger partial charge in [0.15, 0.2) is 0 Å². The molecule has 0 aliphatic heterocycles. The molecule has 2 aliphatic rings. The van der Waals surface area contributed by atoms with Gasteiger partial charge in [-0.15, -0.1) is 19.1 Å². The van der Waals surface area contributed by atoms with Gasteiger partial charge in [0.1, 0.15) is 0 Å². The predicted octanol–water partition coefficient (Wildman–Crippen LogP) is 4.53. The first-order chi connectivity index (χ1) is 7.79. The van der Waals surface area contributed by atoms with Crippen molar-refractivity contribution in [2.24, 2.45) is 11.8 Å². The van der Waals surface area contributed by atoms with Crippen LogP contribution in [0.25, 0.3) is 0 Å². The minimum Gasteiger partial charge on any atom is -0.215 e. The van der Waals surface area contributed by atoms with Gasteiger partial charge in [0, 0.05) is 0 Å². The smallest absolute Gasteiger partial charge is 0.215 e. The van der Waals surface area contributed by atoms with Crippen LogP contribution in [0.4, 0.5) is 0 Å². The van der Waals surface area contributed by atoms with Crippen molar-refractivity contribution < 1.29 is 26.2 Å². The van der Waals surface area contributed by atoms with Gasteiger partial charge in [-0.3, -0.25) is 0 Å². The van der Waals surface area contributed by atoms with Crippen LogP contribution in [0.5, 0.6) is 0 Å². The fourth-order valence-electron chi connectivity index (χ4n) is 2.71. The summed E-state index contributed by atoms with van der Waals surface area (Å²) in [6.07, 6.45) is 9.38. The molecule has 2 unspecified atom stereocenters. The third-order valence-corrected chi connectivity index (χ3v) is 3.56. The van der Waals surface area contributed by atoms with Crippen LogP contribution >= 0.6 is 0 Å². The Kier molecular flexibility index (Phi) is 6.13. The molecule has 1 aromatic carbocycles. The topological polar surface area (TPSA) is 0 Å². The SMILES string of the molecule is C[C-]1CC(C)C2CC=CC=C12.[Zr+2].c1cc[cH-]c1. The van der Waals surface area contributed by atoms with Crippen molar-refractivity contribution >= 4 is 0 Å². The summed E-state index contributed by atoms with van der Waals surface area (Å²) in [7, 11) is 0. The van der Waals surface area contributed by atoms with Gasteiger partial charge in [-0.25, -0.2) is 29.7 Å². The van der Waals surface area contributed by atoms with Gasteiger partial charge in [0.25, 0.3) is 0 Å². The van der Waals surface area contributed by atoms with Gasteiger partial charge in [0.05, 0.1) is 0 Å². The Hall–Kier alpha value is -0.417. The van der Waals surface area contributed by atoms with E-state index in [1.807, 2.05) is 30.3 Å². The molecule has 1 aromatic rings. The van der Waals surface area contributed by atoms with Crippen LogP contribution in [0.3, 0.4) is 0 Å². The van der Waals surface area contributed by atoms with Gasteiger partial charge < -0.3 is 0 Å². The zero-order valence-electron chi connectivity index (χ0n) is 10.7. The molecular formula is C16H20Zr. The molecule has 2 aliphatic carbocycles. The second-order valence-electron chi connectivity index (χ2n) is 4.82. The maximum absolute atomic E-state index is 2.37. The Bertz CT molecular complexity index is 342.